The largest absolute Gasteiger partial charge is 0.439 e. The number of hydrogen-bond donors (Lipinski definition) is 4. The molecule has 0 aliphatic rings. The molecule has 4 N–H and O–H groups in total. The van der Waals surface area contributed by atoms with E-state index in [4.69, 9.17) is 4.42 Å². The van der Waals surface area contributed by atoms with Crippen molar-refractivity contribution in [1.82, 2.24) is 20.9 Å². The number of carbonyl (C=O) groups is 3. The number of hydrogen-bond acceptors (Lipinski definition) is 5. The van der Waals surface area contributed by atoms with E-state index in [9.17, 15) is 14.4 Å². The number of anilines is 1. The molecule has 0 atom stereocenters. The molecule has 0 bridgehead atoms. The summed E-state index contributed by atoms with van der Waals surface area (Å²) in [5, 5.41) is 10.2. The first-order valence-electron chi connectivity index (χ1n) is 9.60. The first-order chi connectivity index (χ1) is 14.9. The Balaban J connectivity index is 1.52. The fourth-order valence-electron chi connectivity index (χ4n) is 2.66. The lowest BCUT2D eigenvalue weighted by molar-refractivity contribution is -0.119. The summed E-state index contributed by atoms with van der Waals surface area (Å²) in [4.78, 5) is 39.7. The van der Waals surface area contributed by atoms with Crippen molar-refractivity contribution in [2.45, 2.75) is 13.5 Å². The highest BCUT2D eigenvalue weighted by Gasteiger charge is 2.11. The Morgan fingerprint density at radius 3 is 2.55 bits per heavy atom. The summed E-state index contributed by atoms with van der Waals surface area (Å²) in [6.45, 7) is 1.98. The van der Waals surface area contributed by atoms with E-state index in [-0.39, 0.29) is 19.0 Å². The molecule has 31 heavy (non-hydrogen) atoms. The molecule has 9 heteroatoms. The van der Waals surface area contributed by atoms with E-state index >= 15 is 0 Å². The SMILES string of the molecule is CNC(=O)CNC(=O)c1cccc(NC(=O)NCc2ncc(-c3ccc(C)cc3)o2)c1. The van der Waals surface area contributed by atoms with Crippen LogP contribution in [0.2, 0.25) is 0 Å². The Hall–Kier alpha value is -4.14. The van der Waals surface area contributed by atoms with Gasteiger partial charge in [0.05, 0.1) is 19.3 Å². The highest BCUT2D eigenvalue weighted by Crippen LogP contribution is 2.20. The Morgan fingerprint density at radius 2 is 1.81 bits per heavy atom. The second-order valence-electron chi connectivity index (χ2n) is 6.73. The molecule has 0 unspecified atom stereocenters. The molecule has 4 amide bonds. The summed E-state index contributed by atoms with van der Waals surface area (Å²) in [6.07, 6.45) is 1.61. The molecule has 9 nitrogen and oxygen atoms in total. The van der Waals surface area contributed by atoms with Crippen LogP contribution < -0.4 is 21.3 Å². The Kier molecular flexibility index (Phi) is 7.00. The minimum Gasteiger partial charge on any atom is -0.439 e. The van der Waals surface area contributed by atoms with Crippen LogP contribution in [0, 0.1) is 6.92 Å². The molecule has 1 aromatic heterocycles. The highest BCUT2D eigenvalue weighted by atomic mass is 16.4. The van der Waals surface area contributed by atoms with Gasteiger partial charge in [-0.25, -0.2) is 9.78 Å². The monoisotopic (exact) mass is 421 g/mol. The van der Waals surface area contributed by atoms with Crippen LogP contribution in [0.5, 0.6) is 0 Å². The van der Waals surface area contributed by atoms with E-state index < -0.39 is 11.9 Å². The van der Waals surface area contributed by atoms with Crippen molar-refractivity contribution in [2.75, 3.05) is 18.9 Å². The van der Waals surface area contributed by atoms with Crippen LogP contribution in [0.15, 0.2) is 59.1 Å². The van der Waals surface area contributed by atoms with Crippen molar-refractivity contribution >= 4 is 23.5 Å². The fourth-order valence-corrected chi connectivity index (χ4v) is 2.66. The highest BCUT2D eigenvalue weighted by molar-refractivity contribution is 5.98. The first-order valence-corrected chi connectivity index (χ1v) is 9.60. The van der Waals surface area contributed by atoms with Gasteiger partial charge in [-0.3, -0.25) is 9.59 Å². The number of benzene rings is 2. The maximum atomic E-state index is 12.2. The lowest BCUT2D eigenvalue weighted by Crippen LogP contribution is -2.35. The van der Waals surface area contributed by atoms with Gasteiger partial charge in [0.2, 0.25) is 11.8 Å². The number of aryl methyl sites for hydroxylation is 1. The van der Waals surface area contributed by atoms with Gasteiger partial charge in [0.25, 0.3) is 5.91 Å². The van der Waals surface area contributed by atoms with Gasteiger partial charge in [-0.15, -0.1) is 0 Å². The third-order valence-electron chi connectivity index (χ3n) is 4.36. The Bertz CT molecular complexity index is 1080. The van der Waals surface area contributed by atoms with E-state index in [1.807, 2.05) is 31.2 Å². The average Bonchev–Trinajstić information content (AvgIpc) is 3.25. The molecule has 3 rings (SSSR count). The third-order valence-corrected chi connectivity index (χ3v) is 4.36. The third kappa shape index (κ3) is 6.17. The van der Waals surface area contributed by atoms with Gasteiger partial charge in [-0.2, -0.15) is 0 Å². The van der Waals surface area contributed by atoms with Gasteiger partial charge in [0.15, 0.2) is 5.76 Å². The number of carbonyl (C=O) groups excluding carboxylic acids is 3. The van der Waals surface area contributed by atoms with Gasteiger partial charge >= 0.3 is 6.03 Å². The number of nitrogens with zero attached hydrogens (tertiary/aromatic N) is 1. The summed E-state index contributed by atoms with van der Waals surface area (Å²) < 4.78 is 5.68. The van der Waals surface area contributed by atoms with E-state index in [1.54, 1.807) is 24.4 Å². The summed E-state index contributed by atoms with van der Waals surface area (Å²) >= 11 is 0. The number of likely N-dealkylation sites (N-methyl/N-ethyl adjacent to an activating group) is 1. The molecular weight excluding hydrogens is 398 g/mol. The van der Waals surface area contributed by atoms with Crippen LogP contribution in [0.25, 0.3) is 11.3 Å². The van der Waals surface area contributed by atoms with Gasteiger partial charge in [0, 0.05) is 23.9 Å². The van der Waals surface area contributed by atoms with Gasteiger partial charge in [0.1, 0.15) is 0 Å². The number of aromatic nitrogens is 1. The molecule has 0 fully saturated rings. The zero-order valence-corrected chi connectivity index (χ0v) is 17.2. The Morgan fingerprint density at radius 1 is 1.03 bits per heavy atom. The number of urea groups is 1. The quantitative estimate of drug-likeness (QED) is 0.466. The summed E-state index contributed by atoms with van der Waals surface area (Å²) in [5.74, 6) is 0.260. The second-order valence-corrected chi connectivity index (χ2v) is 6.73. The van der Waals surface area contributed by atoms with E-state index in [0.717, 1.165) is 11.1 Å². The molecule has 2 aromatic carbocycles. The standard InChI is InChI=1S/C22H23N5O4/c1-14-6-8-15(9-7-14)18-11-24-20(31-18)13-26-22(30)27-17-5-3-4-16(10-17)21(29)25-12-19(28)23-2/h3-11H,12-13H2,1-2H3,(H,23,28)(H,25,29)(H2,26,27,30). The van der Waals surface area contributed by atoms with Crippen molar-refractivity contribution in [2.24, 2.45) is 0 Å². The number of rotatable bonds is 7. The number of amides is 4. The van der Waals surface area contributed by atoms with Crippen molar-refractivity contribution in [1.29, 1.82) is 0 Å². The van der Waals surface area contributed by atoms with E-state index in [2.05, 4.69) is 26.3 Å². The van der Waals surface area contributed by atoms with E-state index in [1.165, 1.54) is 13.1 Å². The predicted molar refractivity (Wildman–Crippen MR) is 115 cm³/mol. The molecule has 0 saturated carbocycles. The molecule has 0 radical (unpaired) electrons. The lowest BCUT2D eigenvalue weighted by atomic mass is 10.1. The van der Waals surface area contributed by atoms with Gasteiger partial charge in [-0.05, 0) is 25.1 Å². The van der Waals surface area contributed by atoms with Gasteiger partial charge in [-0.1, -0.05) is 35.9 Å². The van der Waals surface area contributed by atoms with Crippen molar-refractivity contribution in [3.63, 3.8) is 0 Å². The van der Waals surface area contributed by atoms with Crippen LogP contribution in [0.3, 0.4) is 0 Å². The summed E-state index contributed by atoms with van der Waals surface area (Å²) in [7, 11) is 1.49. The van der Waals surface area contributed by atoms with E-state index in [0.29, 0.717) is 22.9 Å². The summed E-state index contributed by atoms with van der Waals surface area (Å²) in [5.41, 5.74) is 2.80. The molecule has 0 spiro atoms. The second kappa shape index (κ2) is 10.1. The average molecular weight is 421 g/mol. The van der Waals surface area contributed by atoms with Gasteiger partial charge < -0.3 is 25.7 Å². The number of nitrogens with one attached hydrogen (secondary N) is 4. The number of oxazole rings is 1. The normalized spacial score (nSPS) is 10.3. The van der Waals surface area contributed by atoms with Crippen LogP contribution in [0.1, 0.15) is 21.8 Å². The van der Waals surface area contributed by atoms with Crippen molar-refractivity contribution in [3.05, 3.63) is 71.7 Å². The first kappa shape index (κ1) is 21.6. The maximum Gasteiger partial charge on any atom is 0.319 e. The maximum absolute atomic E-state index is 12.2. The minimum atomic E-state index is -0.474. The predicted octanol–water partition coefficient (Wildman–Crippen LogP) is 2.45. The van der Waals surface area contributed by atoms with Crippen LogP contribution in [-0.2, 0) is 11.3 Å². The van der Waals surface area contributed by atoms with Crippen LogP contribution >= 0.6 is 0 Å². The molecule has 0 saturated heterocycles. The molecule has 3 aromatic rings. The molecule has 160 valence electrons. The molecular formula is C22H23N5O4. The topological polar surface area (TPSA) is 125 Å². The fraction of sp³-hybridized carbons (Fsp3) is 0.182. The van der Waals surface area contributed by atoms with Crippen LogP contribution in [-0.4, -0.2) is 36.4 Å². The van der Waals surface area contributed by atoms with Crippen molar-refractivity contribution in [3.8, 4) is 11.3 Å². The molecule has 1 heterocycles. The smallest absolute Gasteiger partial charge is 0.319 e. The zero-order valence-electron chi connectivity index (χ0n) is 17.2. The van der Waals surface area contributed by atoms with Crippen LogP contribution in [0.4, 0.5) is 10.5 Å². The zero-order chi connectivity index (χ0) is 22.2. The lowest BCUT2D eigenvalue weighted by Gasteiger charge is -2.08. The Labute approximate surface area is 179 Å². The minimum absolute atomic E-state index is 0.101. The molecule has 0 aliphatic heterocycles. The van der Waals surface area contributed by atoms with Crippen molar-refractivity contribution < 1.29 is 18.8 Å². The summed E-state index contributed by atoms with van der Waals surface area (Å²) in [6, 6.07) is 13.8. The molecule has 0 aliphatic carbocycles.